The van der Waals surface area contributed by atoms with Gasteiger partial charge in [0.25, 0.3) is 0 Å². The van der Waals surface area contributed by atoms with Gasteiger partial charge in [0.1, 0.15) is 0 Å². The van der Waals surface area contributed by atoms with E-state index in [0.29, 0.717) is 6.04 Å². The van der Waals surface area contributed by atoms with Crippen LogP contribution in [0.15, 0.2) is 24.3 Å². The zero-order valence-corrected chi connectivity index (χ0v) is 12.0. The van der Waals surface area contributed by atoms with Gasteiger partial charge in [-0.2, -0.15) is 0 Å². The van der Waals surface area contributed by atoms with Gasteiger partial charge in [-0.05, 0) is 42.9 Å². The van der Waals surface area contributed by atoms with Crippen LogP contribution in [-0.4, -0.2) is 7.05 Å². The van der Waals surface area contributed by atoms with Crippen LogP contribution in [0.1, 0.15) is 51.3 Å². The van der Waals surface area contributed by atoms with E-state index in [9.17, 15) is 0 Å². The van der Waals surface area contributed by atoms with Crippen molar-refractivity contribution in [3.05, 3.63) is 35.4 Å². The third-order valence-electron chi connectivity index (χ3n) is 3.08. The molecule has 1 nitrogen and oxygen atoms in total. The van der Waals surface area contributed by atoms with Gasteiger partial charge < -0.3 is 5.32 Å². The molecule has 1 aromatic carbocycles. The number of nitrogens with one attached hydrogen (secondary N) is 1. The molecule has 0 saturated carbocycles. The Morgan fingerprint density at radius 3 is 1.94 bits per heavy atom. The van der Waals surface area contributed by atoms with Gasteiger partial charge in [0.15, 0.2) is 0 Å². The van der Waals surface area contributed by atoms with Gasteiger partial charge in [-0.25, -0.2) is 0 Å². The van der Waals surface area contributed by atoms with Crippen LogP contribution in [0.3, 0.4) is 0 Å². The van der Waals surface area contributed by atoms with Gasteiger partial charge in [-0.3, -0.25) is 0 Å². The SMILES string of the molecule is CNC(CC(C)C)c1ccc(CC(C)C)cc1. The number of benzene rings is 1. The fourth-order valence-electron chi connectivity index (χ4n) is 2.25. The maximum absolute atomic E-state index is 3.41. The van der Waals surface area contributed by atoms with E-state index in [-0.39, 0.29) is 0 Å². The van der Waals surface area contributed by atoms with Crippen LogP contribution in [0, 0.1) is 11.8 Å². The monoisotopic (exact) mass is 233 g/mol. The molecule has 0 fully saturated rings. The lowest BCUT2D eigenvalue weighted by Crippen LogP contribution is -2.18. The topological polar surface area (TPSA) is 12.0 Å². The standard InChI is InChI=1S/C16H27N/c1-12(2)10-14-6-8-15(9-7-14)16(17-5)11-13(3)4/h6-9,12-13,16-17H,10-11H2,1-5H3. The minimum absolute atomic E-state index is 0.489. The van der Waals surface area contributed by atoms with Crippen LogP contribution < -0.4 is 5.32 Å². The summed E-state index contributed by atoms with van der Waals surface area (Å²) in [5.41, 5.74) is 2.86. The predicted molar refractivity (Wildman–Crippen MR) is 76.2 cm³/mol. The third-order valence-corrected chi connectivity index (χ3v) is 3.08. The van der Waals surface area contributed by atoms with Crippen LogP contribution in [0.4, 0.5) is 0 Å². The van der Waals surface area contributed by atoms with Crippen LogP contribution in [0.5, 0.6) is 0 Å². The zero-order valence-electron chi connectivity index (χ0n) is 12.0. The van der Waals surface area contributed by atoms with E-state index in [4.69, 9.17) is 0 Å². The van der Waals surface area contributed by atoms with Gasteiger partial charge >= 0.3 is 0 Å². The summed E-state index contributed by atoms with van der Waals surface area (Å²) in [5.74, 6) is 1.46. The highest BCUT2D eigenvalue weighted by Crippen LogP contribution is 2.21. The largest absolute Gasteiger partial charge is 0.313 e. The summed E-state index contributed by atoms with van der Waals surface area (Å²) in [5, 5.41) is 3.41. The molecule has 1 heteroatoms. The molecule has 0 aliphatic rings. The zero-order chi connectivity index (χ0) is 12.8. The number of hydrogen-bond donors (Lipinski definition) is 1. The van der Waals surface area contributed by atoms with Crippen molar-refractivity contribution < 1.29 is 0 Å². The molecule has 17 heavy (non-hydrogen) atoms. The van der Waals surface area contributed by atoms with Crippen LogP contribution in [-0.2, 0) is 6.42 Å². The first-order valence-corrected chi connectivity index (χ1v) is 6.79. The van der Waals surface area contributed by atoms with E-state index in [0.717, 1.165) is 11.8 Å². The smallest absolute Gasteiger partial charge is 0.0319 e. The van der Waals surface area contributed by atoms with Crippen molar-refractivity contribution >= 4 is 0 Å². The molecule has 0 spiro atoms. The quantitative estimate of drug-likeness (QED) is 0.777. The molecular weight excluding hydrogens is 206 g/mol. The summed E-state index contributed by atoms with van der Waals surface area (Å²) in [6.45, 7) is 9.08. The van der Waals surface area contributed by atoms with Crippen molar-refractivity contribution in [2.75, 3.05) is 7.05 Å². The minimum atomic E-state index is 0.489. The van der Waals surface area contributed by atoms with Crippen LogP contribution >= 0.6 is 0 Å². The molecule has 0 aliphatic carbocycles. The van der Waals surface area contributed by atoms with Gasteiger partial charge in [-0.1, -0.05) is 52.0 Å². The van der Waals surface area contributed by atoms with Gasteiger partial charge in [0.05, 0.1) is 0 Å². The summed E-state index contributed by atoms with van der Waals surface area (Å²) in [6.07, 6.45) is 2.37. The molecule has 0 aliphatic heterocycles. The van der Waals surface area contributed by atoms with E-state index < -0.39 is 0 Å². The molecule has 0 saturated heterocycles. The van der Waals surface area contributed by atoms with Gasteiger partial charge in [0.2, 0.25) is 0 Å². The summed E-state index contributed by atoms with van der Waals surface area (Å²) in [6, 6.07) is 9.60. The van der Waals surface area contributed by atoms with Gasteiger partial charge in [-0.15, -0.1) is 0 Å². The lowest BCUT2D eigenvalue weighted by Gasteiger charge is -2.19. The van der Waals surface area contributed by atoms with Crippen molar-refractivity contribution in [3.8, 4) is 0 Å². The second-order valence-electron chi connectivity index (χ2n) is 5.81. The van der Waals surface area contributed by atoms with E-state index in [1.165, 1.54) is 24.0 Å². The van der Waals surface area contributed by atoms with Crippen molar-refractivity contribution in [2.24, 2.45) is 11.8 Å². The van der Waals surface area contributed by atoms with Gasteiger partial charge in [0, 0.05) is 6.04 Å². The Labute approximate surface area is 107 Å². The average molecular weight is 233 g/mol. The maximum atomic E-state index is 3.41. The first-order chi connectivity index (χ1) is 8.02. The predicted octanol–water partition coefficient (Wildman–Crippen LogP) is 4.19. The molecule has 1 N–H and O–H groups in total. The highest BCUT2D eigenvalue weighted by Gasteiger charge is 2.10. The van der Waals surface area contributed by atoms with Crippen LogP contribution in [0.2, 0.25) is 0 Å². The molecule has 1 aromatic rings. The maximum Gasteiger partial charge on any atom is 0.0319 e. The molecule has 96 valence electrons. The molecule has 0 aromatic heterocycles. The summed E-state index contributed by atoms with van der Waals surface area (Å²) >= 11 is 0. The molecule has 1 atom stereocenters. The molecule has 0 heterocycles. The first kappa shape index (κ1) is 14.2. The second-order valence-corrected chi connectivity index (χ2v) is 5.81. The van der Waals surface area contributed by atoms with Crippen molar-refractivity contribution in [1.29, 1.82) is 0 Å². The summed E-state index contributed by atoms with van der Waals surface area (Å²) in [7, 11) is 2.05. The van der Waals surface area contributed by atoms with E-state index in [2.05, 4.69) is 64.3 Å². The average Bonchev–Trinajstić information content (AvgIpc) is 2.26. The fourth-order valence-corrected chi connectivity index (χ4v) is 2.25. The molecule has 1 unspecified atom stereocenters. The van der Waals surface area contributed by atoms with E-state index in [1.807, 2.05) is 0 Å². The van der Waals surface area contributed by atoms with E-state index in [1.54, 1.807) is 0 Å². The highest BCUT2D eigenvalue weighted by molar-refractivity contribution is 5.25. The Hall–Kier alpha value is -0.820. The summed E-state index contributed by atoms with van der Waals surface area (Å²) in [4.78, 5) is 0. The fraction of sp³-hybridized carbons (Fsp3) is 0.625. The number of rotatable bonds is 6. The lowest BCUT2D eigenvalue weighted by atomic mass is 9.95. The Balaban J connectivity index is 2.70. The van der Waals surface area contributed by atoms with Crippen LogP contribution in [0.25, 0.3) is 0 Å². The first-order valence-electron chi connectivity index (χ1n) is 6.79. The Kier molecular flexibility index (Phi) is 5.70. The van der Waals surface area contributed by atoms with E-state index >= 15 is 0 Å². The molecule has 0 radical (unpaired) electrons. The normalized spacial score (nSPS) is 13.4. The van der Waals surface area contributed by atoms with Crippen molar-refractivity contribution in [2.45, 2.75) is 46.6 Å². The van der Waals surface area contributed by atoms with Crippen molar-refractivity contribution in [1.82, 2.24) is 5.32 Å². The Bertz CT molecular complexity index is 311. The summed E-state index contributed by atoms with van der Waals surface area (Å²) < 4.78 is 0. The third kappa shape index (κ3) is 4.91. The minimum Gasteiger partial charge on any atom is -0.313 e. The second kappa shape index (κ2) is 6.80. The lowest BCUT2D eigenvalue weighted by molar-refractivity contribution is 0.456. The molecule has 1 rings (SSSR count). The molecule has 0 amide bonds. The Morgan fingerprint density at radius 2 is 1.53 bits per heavy atom. The number of hydrogen-bond acceptors (Lipinski definition) is 1. The highest BCUT2D eigenvalue weighted by atomic mass is 14.9. The molecular formula is C16H27N. The molecule has 0 bridgehead atoms. The van der Waals surface area contributed by atoms with Crippen molar-refractivity contribution in [3.63, 3.8) is 0 Å². The Morgan fingerprint density at radius 1 is 0.941 bits per heavy atom.